The van der Waals surface area contributed by atoms with E-state index in [0.29, 0.717) is 5.56 Å². The summed E-state index contributed by atoms with van der Waals surface area (Å²) < 4.78 is 0. The second kappa shape index (κ2) is 13.4. The van der Waals surface area contributed by atoms with Gasteiger partial charge in [0.15, 0.2) is 0 Å². The second-order valence-electron chi connectivity index (χ2n) is 7.14. The Kier molecular flexibility index (Phi) is 11.0. The summed E-state index contributed by atoms with van der Waals surface area (Å²) in [5, 5.41) is 24.8. The molecule has 0 heterocycles. The number of primary amides is 1. The zero-order valence-corrected chi connectivity index (χ0v) is 17.7. The maximum absolute atomic E-state index is 12.4. The van der Waals surface area contributed by atoms with Crippen LogP contribution in [0.1, 0.15) is 24.8 Å². The van der Waals surface area contributed by atoms with Crippen molar-refractivity contribution < 1.29 is 39.0 Å². The summed E-state index contributed by atoms with van der Waals surface area (Å²) in [5.41, 5.74) is 11.2. The molecule has 1 aromatic rings. The van der Waals surface area contributed by atoms with Crippen molar-refractivity contribution in [2.45, 2.75) is 43.8 Å². The van der Waals surface area contributed by atoms with Crippen LogP contribution in [-0.2, 0) is 35.2 Å². The number of carboxylic acid groups (broad SMARTS) is 2. The number of rotatable bonds is 14. The SMILES string of the molecule is NC(=O)CCC(NC(=O)C(N)CC(=O)O)C(=O)NCC(=O)NC(Cc1ccccc1)C(=O)O. The van der Waals surface area contributed by atoms with Gasteiger partial charge in [0, 0.05) is 12.8 Å². The van der Waals surface area contributed by atoms with Crippen molar-refractivity contribution in [1.82, 2.24) is 16.0 Å². The van der Waals surface area contributed by atoms with Gasteiger partial charge in [0.05, 0.1) is 19.0 Å². The summed E-state index contributed by atoms with van der Waals surface area (Å²) in [4.78, 5) is 69.8. The molecule has 0 bridgehead atoms. The quantitative estimate of drug-likeness (QED) is 0.153. The summed E-state index contributed by atoms with van der Waals surface area (Å²) in [6, 6.07) is 4.60. The summed E-state index contributed by atoms with van der Waals surface area (Å²) in [7, 11) is 0. The second-order valence-corrected chi connectivity index (χ2v) is 7.14. The van der Waals surface area contributed by atoms with Gasteiger partial charge < -0.3 is 37.6 Å². The molecule has 33 heavy (non-hydrogen) atoms. The van der Waals surface area contributed by atoms with Crippen molar-refractivity contribution in [2.75, 3.05) is 6.54 Å². The van der Waals surface area contributed by atoms with Crippen LogP contribution in [0.25, 0.3) is 0 Å². The van der Waals surface area contributed by atoms with E-state index >= 15 is 0 Å². The Morgan fingerprint density at radius 1 is 0.909 bits per heavy atom. The lowest BCUT2D eigenvalue weighted by atomic mass is 10.1. The monoisotopic (exact) mass is 465 g/mol. The summed E-state index contributed by atoms with van der Waals surface area (Å²) in [6.07, 6.45) is -1.16. The van der Waals surface area contributed by atoms with Crippen molar-refractivity contribution in [3.8, 4) is 0 Å². The van der Waals surface area contributed by atoms with E-state index in [1.807, 2.05) is 0 Å². The van der Waals surface area contributed by atoms with Gasteiger partial charge in [-0.05, 0) is 12.0 Å². The molecule has 1 aromatic carbocycles. The van der Waals surface area contributed by atoms with Crippen LogP contribution in [-0.4, -0.2) is 70.5 Å². The van der Waals surface area contributed by atoms with Crippen LogP contribution in [0.5, 0.6) is 0 Å². The molecule has 13 nitrogen and oxygen atoms in total. The fourth-order valence-corrected chi connectivity index (χ4v) is 2.70. The van der Waals surface area contributed by atoms with Crippen molar-refractivity contribution in [3.63, 3.8) is 0 Å². The van der Waals surface area contributed by atoms with Crippen molar-refractivity contribution in [1.29, 1.82) is 0 Å². The van der Waals surface area contributed by atoms with Crippen LogP contribution in [0, 0.1) is 0 Å². The minimum absolute atomic E-state index is 0.0224. The molecule has 0 spiro atoms. The first-order valence-electron chi connectivity index (χ1n) is 9.89. The summed E-state index contributed by atoms with van der Waals surface area (Å²) >= 11 is 0. The molecule has 3 unspecified atom stereocenters. The summed E-state index contributed by atoms with van der Waals surface area (Å²) in [6.45, 7) is -0.610. The number of nitrogens with one attached hydrogen (secondary N) is 3. The number of aliphatic carboxylic acids is 2. The molecular weight excluding hydrogens is 438 g/mol. The van der Waals surface area contributed by atoms with E-state index in [1.54, 1.807) is 30.3 Å². The van der Waals surface area contributed by atoms with Crippen LogP contribution in [0.3, 0.4) is 0 Å². The first-order valence-corrected chi connectivity index (χ1v) is 9.89. The number of carboxylic acids is 2. The lowest BCUT2D eigenvalue weighted by Gasteiger charge is -2.20. The highest BCUT2D eigenvalue weighted by Crippen LogP contribution is 2.04. The van der Waals surface area contributed by atoms with Gasteiger partial charge >= 0.3 is 11.9 Å². The Balaban J connectivity index is 2.69. The topological polar surface area (TPSA) is 231 Å². The zero-order valence-electron chi connectivity index (χ0n) is 17.7. The lowest BCUT2D eigenvalue weighted by Crippen LogP contribution is -2.54. The molecular formula is C20H27N5O8. The van der Waals surface area contributed by atoms with Crippen LogP contribution in [0.4, 0.5) is 0 Å². The molecule has 0 aromatic heterocycles. The Morgan fingerprint density at radius 2 is 1.55 bits per heavy atom. The highest BCUT2D eigenvalue weighted by atomic mass is 16.4. The Hall–Kier alpha value is -4.00. The van der Waals surface area contributed by atoms with E-state index in [0.717, 1.165) is 0 Å². The molecule has 9 N–H and O–H groups in total. The van der Waals surface area contributed by atoms with E-state index in [4.69, 9.17) is 16.6 Å². The number of hydrogen-bond donors (Lipinski definition) is 7. The van der Waals surface area contributed by atoms with Gasteiger partial charge in [0.2, 0.25) is 23.6 Å². The van der Waals surface area contributed by atoms with E-state index < -0.39 is 66.7 Å². The molecule has 0 saturated carbocycles. The highest BCUT2D eigenvalue weighted by Gasteiger charge is 2.26. The molecule has 0 aliphatic rings. The van der Waals surface area contributed by atoms with Gasteiger partial charge in [-0.15, -0.1) is 0 Å². The number of amides is 4. The van der Waals surface area contributed by atoms with Gasteiger partial charge in [-0.25, -0.2) is 4.79 Å². The minimum atomic E-state index is -1.44. The molecule has 1 rings (SSSR count). The minimum Gasteiger partial charge on any atom is -0.481 e. The Labute approximate surface area is 188 Å². The van der Waals surface area contributed by atoms with Crippen LogP contribution in [0.2, 0.25) is 0 Å². The van der Waals surface area contributed by atoms with E-state index in [9.17, 15) is 33.9 Å². The first-order chi connectivity index (χ1) is 15.5. The van der Waals surface area contributed by atoms with Gasteiger partial charge in [0.1, 0.15) is 12.1 Å². The fraction of sp³-hybridized carbons (Fsp3) is 0.400. The average molecular weight is 465 g/mol. The maximum Gasteiger partial charge on any atom is 0.326 e. The fourth-order valence-electron chi connectivity index (χ4n) is 2.70. The third kappa shape index (κ3) is 10.7. The molecule has 13 heteroatoms. The predicted octanol–water partition coefficient (Wildman–Crippen LogP) is -2.53. The standard InChI is InChI=1S/C20H27N5O8/c21-12(9-17(28)29)18(30)25-13(6-7-15(22)26)19(31)23-10-16(27)24-14(20(32)33)8-11-4-2-1-3-5-11/h1-5,12-14H,6-10,21H2,(H2,22,26)(H,23,31)(H,24,27)(H,25,30)(H,28,29)(H,32,33). The highest BCUT2D eigenvalue weighted by molar-refractivity contribution is 5.93. The molecule has 0 aliphatic carbocycles. The first kappa shape index (κ1) is 27.0. The summed E-state index contributed by atoms with van der Waals surface area (Å²) in [5.74, 6) is -5.94. The number of nitrogens with two attached hydrogens (primary N) is 2. The van der Waals surface area contributed by atoms with Crippen LogP contribution in [0.15, 0.2) is 30.3 Å². The smallest absolute Gasteiger partial charge is 0.326 e. The van der Waals surface area contributed by atoms with Gasteiger partial charge in [-0.1, -0.05) is 30.3 Å². The molecule has 0 fully saturated rings. The van der Waals surface area contributed by atoms with Gasteiger partial charge in [0.25, 0.3) is 0 Å². The molecule has 4 amide bonds. The number of benzene rings is 1. The van der Waals surface area contributed by atoms with Gasteiger partial charge in [-0.2, -0.15) is 0 Å². The van der Waals surface area contributed by atoms with Crippen molar-refractivity contribution in [2.24, 2.45) is 11.5 Å². The lowest BCUT2D eigenvalue weighted by molar-refractivity contribution is -0.141. The number of carbonyl (C=O) groups is 6. The van der Waals surface area contributed by atoms with Crippen LogP contribution >= 0.6 is 0 Å². The van der Waals surface area contributed by atoms with Gasteiger partial charge in [-0.3, -0.25) is 24.0 Å². The number of carbonyl (C=O) groups excluding carboxylic acids is 4. The largest absolute Gasteiger partial charge is 0.481 e. The third-order valence-corrected chi connectivity index (χ3v) is 4.38. The molecule has 3 atom stereocenters. The third-order valence-electron chi connectivity index (χ3n) is 4.38. The number of hydrogen-bond acceptors (Lipinski definition) is 7. The molecule has 0 aliphatic heterocycles. The predicted molar refractivity (Wildman–Crippen MR) is 113 cm³/mol. The normalized spacial score (nSPS) is 13.1. The van der Waals surface area contributed by atoms with E-state index in [2.05, 4.69) is 16.0 Å². The molecule has 180 valence electrons. The molecule has 0 saturated heterocycles. The maximum atomic E-state index is 12.4. The van der Waals surface area contributed by atoms with E-state index in [-0.39, 0.29) is 19.3 Å². The average Bonchev–Trinajstić information content (AvgIpc) is 2.74. The Bertz CT molecular complexity index is 876. The van der Waals surface area contributed by atoms with Crippen molar-refractivity contribution in [3.05, 3.63) is 35.9 Å². The van der Waals surface area contributed by atoms with Crippen molar-refractivity contribution >= 4 is 35.6 Å². The molecule has 0 radical (unpaired) electrons. The zero-order chi connectivity index (χ0) is 25.0. The van der Waals surface area contributed by atoms with E-state index in [1.165, 1.54) is 0 Å². The van der Waals surface area contributed by atoms with Crippen LogP contribution < -0.4 is 27.4 Å². The Morgan fingerprint density at radius 3 is 2.09 bits per heavy atom.